The number of esters is 1. The first-order valence-electron chi connectivity index (χ1n) is 6.94. The van der Waals surface area contributed by atoms with Crippen molar-refractivity contribution in [1.82, 2.24) is 10.2 Å². The number of carbonyl (C=O) groups excluding carboxylic acids is 2. The van der Waals surface area contributed by atoms with Gasteiger partial charge in [-0.05, 0) is 32.7 Å². The molecule has 6 heteroatoms. The monoisotopic (exact) mass is 272 g/mol. The van der Waals surface area contributed by atoms with Crippen LogP contribution >= 0.6 is 0 Å². The Bertz CT molecular complexity index is 296. The summed E-state index contributed by atoms with van der Waals surface area (Å²) in [5.41, 5.74) is 0. The Morgan fingerprint density at radius 3 is 2.95 bits per heavy atom. The highest BCUT2D eigenvalue weighted by Gasteiger charge is 2.25. The topological polar surface area (TPSA) is 78.9 Å². The van der Waals surface area contributed by atoms with Gasteiger partial charge in [0.1, 0.15) is 0 Å². The van der Waals surface area contributed by atoms with Crippen molar-refractivity contribution >= 4 is 11.9 Å². The second-order valence-electron chi connectivity index (χ2n) is 4.71. The van der Waals surface area contributed by atoms with E-state index in [1.165, 1.54) is 0 Å². The first-order valence-corrected chi connectivity index (χ1v) is 6.94. The van der Waals surface area contributed by atoms with Gasteiger partial charge in [0.2, 0.25) is 5.91 Å². The van der Waals surface area contributed by atoms with Crippen LogP contribution < -0.4 is 5.32 Å². The van der Waals surface area contributed by atoms with Gasteiger partial charge in [0.05, 0.1) is 19.8 Å². The molecule has 19 heavy (non-hydrogen) atoms. The highest BCUT2D eigenvalue weighted by atomic mass is 16.5. The van der Waals surface area contributed by atoms with Crippen molar-refractivity contribution in [3.05, 3.63) is 0 Å². The number of ether oxygens (including phenoxy) is 1. The summed E-state index contributed by atoms with van der Waals surface area (Å²) in [4.78, 5) is 24.8. The molecule has 1 heterocycles. The molecule has 0 unspecified atom stereocenters. The Labute approximate surface area is 114 Å². The van der Waals surface area contributed by atoms with Gasteiger partial charge in [-0.3, -0.25) is 14.5 Å². The van der Waals surface area contributed by atoms with Crippen LogP contribution in [0.3, 0.4) is 0 Å². The van der Waals surface area contributed by atoms with Crippen molar-refractivity contribution in [1.29, 1.82) is 0 Å². The second kappa shape index (κ2) is 8.87. The molecule has 0 saturated carbocycles. The van der Waals surface area contributed by atoms with Crippen LogP contribution in [-0.2, 0) is 14.3 Å². The highest BCUT2D eigenvalue weighted by molar-refractivity contribution is 5.78. The number of rotatable bonds is 8. The van der Waals surface area contributed by atoms with Crippen LogP contribution in [0.4, 0.5) is 0 Å². The van der Waals surface area contributed by atoms with Gasteiger partial charge in [0, 0.05) is 19.0 Å². The van der Waals surface area contributed by atoms with E-state index in [9.17, 15) is 9.59 Å². The minimum absolute atomic E-state index is 0.0517. The van der Waals surface area contributed by atoms with Crippen molar-refractivity contribution in [3.63, 3.8) is 0 Å². The summed E-state index contributed by atoms with van der Waals surface area (Å²) in [6.07, 6.45) is 2.90. The molecule has 2 N–H and O–H groups in total. The average Bonchev–Trinajstić information content (AvgIpc) is 2.82. The molecule has 1 fully saturated rings. The van der Waals surface area contributed by atoms with Gasteiger partial charge in [-0.2, -0.15) is 0 Å². The summed E-state index contributed by atoms with van der Waals surface area (Å²) in [6.45, 7) is 3.94. The van der Waals surface area contributed by atoms with Crippen LogP contribution in [0.1, 0.15) is 32.6 Å². The van der Waals surface area contributed by atoms with Gasteiger partial charge in [-0.15, -0.1) is 0 Å². The number of amides is 1. The predicted octanol–water partition coefficient (Wildman–Crippen LogP) is -0.0974. The minimum Gasteiger partial charge on any atom is -0.466 e. The summed E-state index contributed by atoms with van der Waals surface area (Å²) >= 11 is 0. The Kier molecular flexibility index (Phi) is 7.43. The number of aliphatic hydroxyl groups is 1. The number of likely N-dealkylation sites (tertiary alicyclic amines) is 1. The van der Waals surface area contributed by atoms with Crippen LogP contribution in [0.5, 0.6) is 0 Å². The molecule has 1 atom stereocenters. The lowest BCUT2D eigenvalue weighted by Crippen LogP contribution is -2.41. The molecule has 6 nitrogen and oxygen atoms in total. The van der Waals surface area contributed by atoms with Crippen LogP contribution in [-0.4, -0.2) is 60.8 Å². The molecule has 0 aromatic rings. The van der Waals surface area contributed by atoms with E-state index in [1.807, 2.05) is 4.90 Å². The number of carbonyl (C=O) groups is 2. The molecule has 1 amide bonds. The number of nitrogens with one attached hydrogen (secondary N) is 1. The lowest BCUT2D eigenvalue weighted by atomic mass is 10.2. The quantitative estimate of drug-likeness (QED) is 0.476. The fourth-order valence-electron chi connectivity index (χ4n) is 2.24. The van der Waals surface area contributed by atoms with Gasteiger partial charge in [0.15, 0.2) is 0 Å². The van der Waals surface area contributed by atoms with Gasteiger partial charge in [-0.1, -0.05) is 0 Å². The van der Waals surface area contributed by atoms with Crippen LogP contribution in [0.2, 0.25) is 0 Å². The third-order valence-corrected chi connectivity index (χ3v) is 3.24. The van der Waals surface area contributed by atoms with Crippen molar-refractivity contribution in [3.8, 4) is 0 Å². The molecule has 0 bridgehead atoms. The lowest BCUT2D eigenvalue weighted by molar-refractivity contribution is -0.143. The van der Waals surface area contributed by atoms with Crippen LogP contribution in [0.25, 0.3) is 0 Å². The third kappa shape index (κ3) is 6.02. The Morgan fingerprint density at radius 1 is 1.47 bits per heavy atom. The van der Waals surface area contributed by atoms with E-state index < -0.39 is 0 Å². The second-order valence-corrected chi connectivity index (χ2v) is 4.71. The molecular formula is C13H24N2O4. The molecule has 0 aromatic carbocycles. The standard InChI is InChI=1S/C13H24N2O4/c1-2-19-13(18)6-3-7-14-12(17)9-15-8-4-5-11(15)10-16/h11,16H,2-10H2,1H3,(H,14,17)/t11-/m1/s1. The molecule has 1 aliphatic rings. The fourth-order valence-corrected chi connectivity index (χ4v) is 2.24. The number of nitrogens with zero attached hydrogens (tertiary/aromatic N) is 1. The first-order chi connectivity index (χ1) is 9.17. The summed E-state index contributed by atoms with van der Waals surface area (Å²) in [7, 11) is 0. The third-order valence-electron chi connectivity index (χ3n) is 3.24. The number of aliphatic hydroxyl groups excluding tert-OH is 1. The summed E-state index contributed by atoms with van der Waals surface area (Å²) in [5, 5.41) is 11.9. The van der Waals surface area contributed by atoms with E-state index in [2.05, 4.69) is 5.32 Å². The van der Waals surface area contributed by atoms with E-state index in [1.54, 1.807) is 6.92 Å². The Morgan fingerprint density at radius 2 is 2.26 bits per heavy atom. The van der Waals surface area contributed by atoms with Crippen molar-refractivity contribution in [2.24, 2.45) is 0 Å². The molecular weight excluding hydrogens is 248 g/mol. The molecule has 110 valence electrons. The number of hydrogen-bond acceptors (Lipinski definition) is 5. The molecule has 0 aromatic heterocycles. The molecule has 1 aliphatic heterocycles. The zero-order chi connectivity index (χ0) is 14.1. The van der Waals surface area contributed by atoms with E-state index in [4.69, 9.17) is 9.84 Å². The lowest BCUT2D eigenvalue weighted by Gasteiger charge is -2.21. The zero-order valence-electron chi connectivity index (χ0n) is 11.6. The average molecular weight is 272 g/mol. The Balaban J connectivity index is 2.09. The molecule has 0 aliphatic carbocycles. The SMILES string of the molecule is CCOC(=O)CCCNC(=O)CN1CCC[C@@H]1CO. The van der Waals surface area contributed by atoms with E-state index in [0.29, 0.717) is 32.5 Å². The highest BCUT2D eigenvalue weighted by Crippen LogP contribution is 2.15. The molecule has 1 rings (SSSR count). The Hall–Kier alpha value is -1.14. The summed E-state index contributed by atoms with van der Waals surface area (Å²) < 4.78 is 4.80. The van der Waals surface area contributed by atoms with Crippen molar-refractivity contribution < 1.29 is 19.4 Å². The van der Waals surface area contributed by atoms with Crippen LogP contribution in [0.15, 0.2) is 0 Å². The van der Waals surface area contributed by atoms with Gasteiger partial charge < -0.3 is 15.2 Å². The number of hydrogen-bond donors (Lipinski definition) is 2. The first kappa shape index (κ1) is 15.9. The van der Waals surface area contributed by atoms with E-state index in [-0.39, 0.29) is 24.5 Å². The van der Waals surface area contributed by atoms with E-state index >= 15 is 0 Å². The van der Waals surface area contributed by atoms with Gasteiger partial charge in [-0.25, -0.2) is 0 Å². The van der Waals surface area contributed by atoms with Crippen LogP contribution in [0, 0.1) is 0 Å². The fraction of sp³-hybridized carbons (Fsp3) is 0.846. The minimum atomic E-state index is -0.225. The van der Waals surface area contributed by atoms with Crippen molar-refractivity contribution in [2.45, 2.75) is 38.6 Å². The molecule has 0 radical (unpaired) electrons. The smallest absolute Gasteiger partial charge is 0.305 e. The normalized spacial score (nSPS) is 19.4. The van der Waals surface area contributed by atoms with Crippen molar-refractivity contribution in [2.75, 3.05) is 32.8 Å². The maximum Gasteiger partial charge on any atom is 0.305 e. The summed E-state index contributed by atoms with van der Waals surface area (Å²) in [6, 6.07) is 0.116. The predicted molar refractivity (Wildman–Crippen MR) is 70.6 cm³/mol. The molecule has 0 spiro atoms. The van der Waals surface area contributed by atoms with Gasteiger partial charge in [0.25, 0.3) is 0 Å². The summed E-state index contributed by atoms with van der Waals surface area (Å²) in [5.74, 6) is -0.277. The molecule has 1 saturated heterocycles. The maximum absolute atomic E-state index is 11.7. The zero-order valence-corrected chi connectivity index (χ0v) is 11.6. The van der Waals surface area contributed by atoms with E-state index in [0.717, 1.165) is 19.4 Å². The van der Waals surface area contributed by atoms with Gasteiger partial charge >= 0.3 is 5.97 Å². The maximum atomic E-state index is 11.7. The largest absolute Gasteiger partial charge is 0.466 e.